The molecule has 136 valence electrons. The number of hydrogen-bond donors (Lipinski definition) is 1. The lowest BCUT2D eigenvalue weighted by molar-refractivity contribution is -0.146. The highest BCUT2D eigenvalue weighted by molar-refractivity contribution is 5.87. The first-order chi connectivity index (χ1) is 11.9. The highest BCUT2D eigenvalue weighted by Gasteiger charge is 2.42. The molecule has 2 heterocycles. The summed E-state index contributed by atoms with van der Waals surface area (Å²) in [5.41, 5.74) is 0.467. The molecule has 1 amide bonds. The van der Waals surface area contributed by atoms with E-state index in [1.807, 2.05) is 49.1 Å². The monoisotopic (exact) mass is 345 g/mol. The predicted octanol–water partition coefficient (Wildman–Crippen LogP) is 2.69. The van der Waals surface area contributed by atoms with Gasteiger partial charge in [0.25, 0.3) is 0 Å². The standard InChI is InChI=1S/C20H27NO4/c1-20(2,15-6-4-3-5-7-15)19(24)21-11-8-14(9-12-21)17-16(18(22)23)10-13-25-17/h3-7,14,16-17H,8-13H2,1-2H3,(H,22,23)/t16?,17-/m0/s1. The largest absolute Gasteiger partial charge is 0.481 e. The lowest BCUT2D eigenvalue weighted by atomic mass is 9.81. The Balaban J connectivity index is 1.62. The van der Waals surface area contributed by atoms with E-state index >= 15 is 0 Å². The van der Waals surface area contributed by atoms with Gasteiger partial charge in [0.1, 0.15) is 0 Å². The van der Waals surface area contributed by atoms with Crippen molar-refractivity contribution in [3.05, 3.63) is 35.9 Å². The Morgan fingerprint density at radius 2 is 1.76 bits per heavy atom. The maximum atomic E-state index is 13.0. The van der Waals surface area contributed by atoms with Crippen molar-refractivity contribution in [1.82, 2.24) is 4.90 Å². The molecule has 0 spiro atoms. The summed E-state index contributed by atoms with van der Waals surface area (Å²) >= 11 is 0. The van der Waals surface area contributed by atoms with Crippen molar-refractivity contribution >= 4 is 11.9 Å². The number of benzene rings is 1. The first-order valence-corrected chi connectivity index (χ1v) is 9.10. The number of ether oxygens (including phenoxy) is 1. The van der Waals surface area contributed by atoms with Crippen molar-refractivity contribution in [3.8, 4) is 0 Å². The molecule has 2 atom stereocenters. The SMILES string of the molecule is CC(C)(C(=O)N1CCC([C@@H]2OCCC2C(=O)O)CC1)c1ccccc1. The second kappa shape index (κ2) is 7.16. The van der Waals surface area contributed by atoms with E-state index in [0.29, 0.717) is 26.1 Å². The van der Waals surface area contributed by atoms with Crippen LogP contribution >= 0.6 is 0 Å². The number of carbonyl (C=O) groups excluding carboxylic acids is 1. The molecular formula is C20H27NO4. The van der Waals surface area contributed by atoms with E-state index in [-0.39, 0.29) is 17.9 Å². The minimum absolute atomic E-state index is 0.138. The molecule has 1 aromatic carbocycles. The third-order valence-electron chi connectivity index (χ3n) is 5.77. The average molecular weight is 345 g/mol. The second-order valence-electron chi connectivity index (χ2n) is 7.69. The van der Waals surface area contributed by atoms with Gasteiger partial charge in [-0.1, -0.05) is 30.3 Å². The molecule has 2 saturated heterocycles. The van der Waals surface area contributed by atoms with E-state index in [1.54, 1.807) is 0 Å². The molecule has 5 heteroatoms. The van der Waals surface area contributed by atoms with Crippen LogP contribution in [0.5, 0.6) is 0 Å². The van der Waals surface area contributed by atoms with E-state index in [4.69, 9.17) is 4.74 Å². The summed E-state index contributed by atoms with van der Waals surface area (Å²) in [5.74, 6) is -0.786. The molecule has 3 rings (SSSR count). The fraction of sp³-hybridized carbons (Fsp3) is 0.600. The van der Waals surface area contributed by atoms with Crippen molar-refractivity contribution in [2.24, 2.45) is 11.8 Å². The molecule has 5 nitrogen and oxygen atoms in total. The Bertz CT molecular complexity index is 620. The van der Waals surface area contributed by atoms with E-state index in [9.17, 15) is 14.7 Å². The summed E-state index contributed by atoms with van der Waals surface area (Å²) in [4.78, 5) is 26.3. The van der Waals surface area contributed by atoms with Crippen LogP contribution < -0.4 is 0 Å². The highest BCUT2D eigenvalue weighted by atomic mass is 16.5. The smallest absolute Gasteiger partial charge is 0.309 e. The van der Waals surface area contributed by atoms with Crippen molar-refractivity contribution in [2.45, 2.75) is 44.6 Å². The number of piperidine rings is 1. The van der Waals surface area contributed by atoms with Gasteiger partial charge in [0.15, 0.2) is 0 Å². The summed E-state index contributed by atoms with van der Waals surface area (Å²) in [6.45, 7) is 5.81. The van der Waals surface area contributed by atoms with Gasteiger partial charge >= 0.3 is 5.97 Å². The zero-order valence-electron chi connectivity index (χ0n) is 15.0. The lowest BCUT2D eigenvalue weighted by Gasteiger charge is -2.39. The van der Waals surface area contributed by atoms with Gasteiger partial charge in [-0.25, -0.2) is 0 Å². The number of nitrogens with zero attached hydrogens (tertiary/aromatic N) is 1. The first-order valence-electron chi connectivity index (χ1n) is 9.10. The van der Waals surface area contributed by atoms with E-state index in [1.165, 1.54) is 0 Å². The molecule has 1 aromatic rings. The number of amides is 1. The Hall–Kier alpha value is -1.88. The van der Waals surface area contributed by atoms with Gasteiger partial charge in [-0.2, -0.15) is 0 Å². The zero-order valence-corrected chi connectivity index (χ0v) is 15.0. The Kier molecular flexibility index (Phi) is 5.13. The number of carboxylic acids is 1. The molecule has 0 bridgehead atoms. The summed E-state index contributed by atoms with van der Waals surface area (Å²) in [6.07, 6.45) is 2.02. The van der Waals surface area contributed by atoms with Crippen LogP contribution in [0.4, 0.5) is 0 Å². The fourth-order valence-electron chi connectivity index (χ4n) is 4.14. The topological polar surface area (TPSA) is 66.8 Å². The third kappa shape index (κ3) is 3.56. The van der Waals surface area contributed by atoms with Gasteiger partial charge in [-0.05, 0) is 44.6 Å². The minimum Gasteiger partial charge on any atom is -0.481 e. The van der Waals surface area contributed by atoms with Crippen LogP contribution in [0.2, 0.25) is 0 Å². The second-order valence-corrected chi connectivity index (χ2v) is 7.69. The van der Waals surface area contributed by atoms with Gasteiger partial charge in [0.05, 0.1) is 17.4 Å². The zero-order chi connectivity index (χ0) is 18.0. The lowest BCUT2D eigenvalue weighted by Crippen LogP contribution is -2.49. The van der Waals surface area contributed by atoms with Crippen molar-refractivity contribution in [1.29, 1.82) is 0 Å². The molecule has 0 radical (unpaired) electrons. The number of hydrogen-bond acceptors (Lipinski definition) is 3. The van der Waals surface area contributed by atoms with Crippen LogP contribution in [-0.2, 0) is 19.7 Å². The number of carbonyl (C=O) groups is 2. The van der Waals surface area contributed by atoms with Crippen LogP contribution in [0.25, 0.3) is 0 Å². The van der Waals surface area contributed by atoms with Crippen LogP contribution in [-0.4, -0.2) is 47.7 Å². The summed E-state index contributed by atoms with van der Waals surface area (Å²) in [7, 11) is 0. The highest BCUT2D eigenvalue weighted by Crippen LogP contribution is 2.34. The molecule has 0 aromatic heterocycles. The molecule has 2 aliphatic heterocycles. The Morgan fingerprint density at radius 3 is 2.36 bits per heavy atom. The molecule has 1 unspecified atom stereocenters. The minimum atomic E-state index is -0.758. The normalized spacial score (nSPS) is 25.1. The van der Waals surface area contributed by atoms with Gasteiger partial charge in [-0.15, -0.1) is 0 Å². The number of likely N-dealkylation sites (tertiary alicyclic amines) is 1. The molecule has 2 fully saturated rings. The van der Waals surface area contributed by atoms with Crippen LogP contribution in [0, 0.1) is 11.8 Å². The fourth-order valence-corrected chi connectivity index (χ4v) is 4.14. The molecule has 25 heavy (non-hydrogen) atoms. The summed E-state index contributed by atoms with van der Waals surface area (Å²) < 4.78 is 5.71. The molecule has 1 N–H and O–H groups in total. The third-order valence-corrected chi connectivity index (χ3v) is 5.77. The maximum absolute atomic E-state index is 13.0. The molecule has 0 saturated carbocycles. The van der Waals surface area contributed by atoms with Crippen molar-refractivity contribution in [2.75, 3.05) is 19.7 Å². The van der Waals surface area contributed by atoms with Gasteiger partial charge < -0.3 is 14.7 Å². The van der Waals surface area contributed by atoms with E-state index in [0.717, 1.165) is 18.4 Å². The molecule has 0 aliphatic carbocycles. The predicted molar refractivity (Wildman–Crippen MR) is 94.3 cm³/mol. The van der Waals surface area contributed by atoms with Crippen LogP contribution in [0.1, 0.15) is 38.7 Å². The van der Waals surface area contributed by atoms with Crippen LogP contribution in [0.15, 0.2) is 30.3 Å². The quantitative estimate of drug-likeness (QED) is 0.911. The average Bonchev–Trinajstić information content (AvgIpc) is 3.12. The van der Waals surface area contributed by atoms with Crippen LogP contribution in [0.3, 0.4) is 0 Å². The first kappa shape index (κ1) is 17.9. The Labute approximate surface area is 149 Å². The van der Waals surface area contributed by atoms with E-state index in [2.05, 4.69) is 0 Å². The Morgan fingerprint density at radius 1 is 1.12 bits per heavy atom. The van der Waals surface area contributed by atoms with Crippen molar-refractivity contribution in [3.63, 3.8) is 0 Å². The van der Waals surface area contributed by atoms with Crippen molar-refractivity contribution < 1.29 is 19.4 Å². The molecule has 2 aliphatic rings. The van der Waals surface area contributed by atoms with Gasteiger partial charge in [0.2, 0.25) is 5.91 Å². The maximum Gasteiger partial charge on any atom is 0.309 e. The number of rotatable bonds is 4. The number of carboxylic acid groups (broad SMARTS) is 1. The van der Waals surface area contributed by atoms with Gasteiger partial charge in [0, 0.05) is 19.7 Å². The van der Waals surface area contributed by atoms with Gasteiger partial charge in [-0.3, -0.25) is 9.59 Å². The molecular weight excluding hydrogens is 318 g/mol. The summed E-state index contributed by atoms with van der Waals surface area (Å²) in [5, 5.41) is 9.34. The van der Waals surface area contributed by atoms with E-state index < -0.39 is 17.3 Å². The summed E-state index contributed by atoms with van der Waals surface area (Å²) in [6, 6.07) is 9.86. The number of aliphatic carboxylic acids is 1.